The number of hydrogen-bond acceptors (Lipinski definition) is 7. The first-order chi connectivity index (χ1) is 14.5. The van der Waals surface area contributed by atoms with Gasteiger partial charge in [-0.3, -0.25) is 9.69 Å². The molecule has 8 nitrogen and oxygen atoms in total. The van der Waals surface area contributed by atoms with Gasteiger partial charge in [0.15, 0.2) is 0 Å². The molecular formula is C22H36N6O2. The number of morpholine rings is 1. The molecule has 1 aromatic heterocycles. The van der Waals surface area contributed by atoms with Crippen LogP contribution in [0.1, 0.15) is 38.9 Å². The third kappa shape index (κ3) is 5.21. The van der Waals surface area contributed by atoms with E-state index in [1.54, 1.807) is 0 Å². The molecule has 3 aliphatic heterocycles. The van der Waals surface area contributed by atoms with Crippen molar-refractivity contribution in [3.63, 3.8) is 0 Å². The Labute approximate surface area is 180 Å². The SMILES string of the molecule is Cc1nc(N2CCCCC2)cc(N2CCN(CC(=O)N3CC(C)OC(C)C3)CC2)n1. The molecule has 4 heterocycles. The average Bonchev–Trinajstić information content (AvgIpc) is 2.74. The van der Waals surface area contributed by atoms with Gasteiger partial charge in [-0.2, -0.15) is 0 Å². The third-order valence-corrected chi connectivity index (χ3v) is 6.32. The fourth-order valence-electron chi connectivity index (χ4n) is 4.79. The van der Waals surface area contributed by atoms with Crippen molar-refractivity contribution >= 4 is 17.5 Å². The molecule has 0 aliphatic carbocycles. The highest BCUT2D eigenvalue weighted by Gasteiger charge is 2.28. The first-order valence-electron chi connectivity index (χ1n) is 11.5. The lowest BCUT2D eigenvalue weighted by molar-refractivity contribution is -0.144. The van der Waals surface area contributed by atoms with E-state index in [4.69, 9.17) is 9.72 Å². The Morgan fingerprint density at radius 2 is 1.50 bits per heavy atom. The van der Waals surface area contributed by atoms with Gasteiger partial charge in [-0.15, -0.1) is 0 Å². The van der Waals surface area contributed by atoms with E-state index in [2.05, 4.69) is 25.8 Å². The highest BCUT2D eigenvalue weighted by molar-refractivity contribution is 5.78. The molecule has 0 bridgehead atoms. The standard InChI is InChI=1S/C22H36N6O2/c1-17-14-28(15-18(2)30-17)22(29)16-25-9-11-27(12-10-25)21-13-20(23-19(3)24-21)26-7-5-4-6-8-26/h13,17-18H,4-12,14-16H2,1-3H3. The number of anilines is 2. The summed E-state index contributed by atoms with van der Waals surface area (Å²) in [5.74, 6) is 3.13. The van der Waals surface area contributed by atoms with Crippen molar-refractivity contribution < 1.29 is 9.53 Å². The van der Waals surface area contributed by atoms with Gasteiger partial charge >= 0.3 is 0 Å². The first-order valence-corrected chi connectivity index (χ1v) is 11.5. The predicted molar refractivity (Wildman–Crippen MR) is 118 cm³/mol. The minimum Gasteiger partial charge on any atom is -0.372 e. The Hall–Kier alpha value is -1.93. The zero-order valence-electron chi connectivity index (χ0n) is 18.7. The molecule has 30 heavy (non-hydrogen) atoms. The number of aryl methyl sites for hydroxylation is 1. The van der Waals surface area contributed by atoms with E-state index in [1.165, 1.54) is 19.3 Å². The molecule has 3 fully saturated rings. The number of carbonyl (C=O) groups excluding carboxylic acids is 1. The van der Waals surface area contributed by atoms with E-state index < -0.39 is 0 Å². The molecule has 0 aromatic carbocycles. The molecule has 0 spiro atoms. The number of amides is 1. The zero-order valence-corrected chi connectivity index (χ0v) is 18.7. The van der Waals surface area contributed by atoms with Crippen LogP contribution >= 0.6 is 0 Å². The predicted octanol–water partition coefficient (Wildman–Crippen LogP) is 1.53. The van der Waals surface area contributed by atoms with Gasteiger partial charge in [0.25, 0.3) is 0 Å². The number of ether oxygens (including phenoxy) is 1. The summed E-state index contributed by atoms with van der Waals surface area (Å²) in [6, 6.07) is 2.15. The quantitative estimate of drug-likeness (QED) is 0.738. The van der Waals surface area contributed by atoms with Gasteiger partial charge in [0.05, 0.1) is 18.8 Å². The van der Waals surface area contributed by atoms with Crippen molar-refractivity contribution in [2.75, 3.05) is 68.7 Å². The van der Waals surface area contributed by atoms with Crippen LogP contribution in [-0.4, -0.2) is 96.8 Å². The summed E-state index contributed by atoms with van der Waals surface area (Å²) in [5, 5.41) is 0. The van der Waals surface area contributed by atoms with E-state index in [0.717, 1.165) is 56.7 Å². The number of piperidine rings is 1. The Morgan fingerprint density at radius 3 is 2.10 bits per heavy atom. The summed E-state index contributed by atoms with van der Waals surface area (Å²) in [4.78, 5) is 31.1. The Morgan fingerprint density at radius 1 is 0.933 bits per heavy atom. The third-order valence-electron chi connectivity index (χ3n) is 6.32. The van der Waals surface area contributed by atoms with Crippen LogP contribution in [0.3, 0.4) is 0 Å². The molecule has 1 amide bonds. The maximum Gasteiger partial charge on any atom is 0.236 e. The lowest BCUT2D eigenvalue weighted by Crippen LogP contribution is -2.54. The van der Waals surface area contributed by atoms with Crippen LogP contribution in [0, 0.1) is 6.92 Å². The van der Waals surface area contributed by atoms with E-state index in [9.17, 15) is 4.79 Å². The fraction of sp³-hybridized carbons (Fsp3) is 0.773. The van der Waals surface area contributed by atoms with Gasteiger partial charge in [-0.05, 0) is 40.0 Å². The van der Waals surface area contributed by atoms with Crippen molar-refractivity contribution in [3.8, 4) is 0 Å². The second-order valence-corrected chi connectivity index (χ2v) is 9.00. The Kier molecular flexibility index (Phi) is 6.73. The minimum absolute atomic E-state index is 0.115. The van der Waals surface area contributed by atoms with Gasteiger partial charge in [-0.1, -0.05) is 0 Å². The highest BCUT2D eigenvalue weighted by Crippen LogP contribution is 2.23. The maximum atomic E-state index is 12.8. The molecule has 1 aromatic rings. The molecule has 3 aliphatic rings. The van der Waals surface area contributed by atoms with Crippen LogP contribution in [0.25, 0.3) is 0 Å². The number of carbonyl (C=O) groups is 1. The summed E-state index contributed by atoms with van der Waals surface area (Å²) in [5.41, 5.74) is 0. The van der Waals surface area contributed by atoms with Crippen molar-refractivity contribution in [1.82, 2.24) is 19.8 Å². The topological polar surface area (TPSA) is 65.0 Å². The van der Waals surface area contributed by atoms with Crippen LogP contribution in [0.5, 0.6) is 0 Å². The van der Waals surface area contributed by atoms with Crippen LogP contribution in [0.15, 0.2) is 6.07 Å². The lowest BCUT2D eigenvalue weighted by Gasteiger charge is -2.39. The molecule has 0 radical (unpaired) electrons. The van der Waals surface area contributed by atoms with Gasteiger partial charge in [0.1, 0.15) is 17.5 Å². The van der Waals surface area contributed by atoms with Crippen molar-refractivity contribution in [1.29, 1.82) is 0 Å². The monoisotopic (exact) mass is 416 g/mol. The Bertz CT molecular complexity index is 720. The van der Waals surface area contributed by atoms with Gasteiger partial charge in [0, 0.05) is 58.4 Å². The van der Waals surface area contributed by atoms with E-state index >= 15 is 0 Å². The molecule has 2 atom stereocenters. The molecule has 4 rings (SSSR count). The number of aromatic nitrogens is 2. The smallest absolute Gasteiger partial charge is 0.236 e. The zero-order chi connectivity index (χ0) is 21.1. The lowest BCUT2D eigenvalue weighted by atomic mass is 10.1. The number of nitrogens with zero attached hydrogens (tertiary/aromatic N) is 6. The minimum atomic E-state index is 0.115. The second-order valence-electron chi connectivity index (χ2n) is 9.00. The number of hydrogen-bond donors (Lipinski definition) is 0. The van der Waals surface area contributed by atoms with E-state index in [-0.39, 0.29) is 18.1 Å². The number of piperazine rings is 1. The summed E-state index contributed by atoms with van der Waals surface area (Å²) >= 11 is 0. The fourth-order valence-corrected chi connectivity index (χ4v) is 4.79. The highest BCUT2D eigenvalue weighted by atomic mass is 16.5. The molecule has 3 saturated heterocycles. The maximum absolute atomic E-state index is 12.8. The van der Waals surface area contributed by atoms with Crippen LogP contribution in [0.4, 0.5) is 11.6 Å². The second kappa shape index (κ2) is 9.47. The molecule has 0 N–H and O–H groups in total. The summed E-state index contributed by atoms with van der Waals surface area (Å²) in [6.07, 6.45) is 4.03. The van der Waals surface area contributed by atoms with Crippen LogP contribution < -0.4 is 9.80 Å². The van der Waals surface area contributed by atoms with E-state index in [1.807, 2.05) is 25.7 Å². The summed E-state index contributed by atoms with van der Waals surface area (Å²) in [6.45, 7) is 13.7. The summed E-state index contributed by atoms with van der Waals surface area (Å²) in [7, 11) is 0. The van der Waals surface area contributed by atoms with Gasteiger partial charge < -0.3 is 19.4 Å². The molecule has 8 heteroatoms. The molecule has 166 valence electrons. The molecule has 2 unspecified atom stereocenters. The van der Waals surface area contributed by atoms with Crippen molar-refractivity contribution in [2.45, 2.75) is 52.2 Å². The first kappa shape index (κ1) is 21.3. The largest absolute Gasteiger partial charge is 0.372 e. The van der Waals surface area contributed by atoms with E-state index in [0.29, 0.717) is 19.6 Å². The Balaban J connectivity index is 1.32. The van der Waals surface area contributed by atoms with Crippen LogP contribution in [-0.2, 0) is 9.53 Å². The number of rotatable bonds is 4. The van der Waals surface area contributed by atoms with Crippen molar-refractivity contribution in [3.05, 3.63) is 11.9 Å². The normalized spacial score (nSPS) is 26.2. The van der Waals surface area contributed by atoms with Gasteiger partial charge in [0.2, 0.25) is 5.91 Å². The van der Waals surface area contributed by atoms with Crippen LogP contribution in [0.2, 0.25) is 0 Å². The van der Waals surface area contributed by atoms with Gasteiger partial charge in [-0.25, -0.2) is 9.97 Å². The van der Waals surface area contributed by atoms with Crippen molar-refractivity contribution in [2.24, 2.45) is 0 Å². The average molecular weight is 417 g/mol. The summed E-state index contributed by atoms with van der Waals surface area (Å²) < 4.78 is 5.75. The molecule has 0 saturated carbocycles. The molecular weight excluding hydrogens is 380 g/mol.